The average molecular weight is 715 g/mol. The molecule has 6 rings (SSSR count). The maximum atomic E-state index is 14.4. The molecule has 3 atom stereocenters. The van der Waals surface area contributed by atoms with Gasteiger partial charge < -0.3 is 15.1 Å². The molecule has 0 aliphatic carbocycles. The Morgan fingerprint density at radius 1 is 0.936 bits per heavy atom. The predicted octanol–water partition coefficient (Wildman–Crippen LogP) is 5.01. The molecule has 3 unspecified atom stereocenters. The predicted molar refractivity (Wildman–Crippen MR) is 180 cm³/mol. The number of sulfonamides is 1. The lowest BCUT2D eigenvalue weighted by Crippen LogP contribution is -2.76. The quantitative estimate of drug-likeness (QED) is 0.288. The Balaban J connectivity index is 1.43. The Labute approximate surface area is 287 Å². The molecule has 4 aromatic rings. The van der Waals surface area contributed by atoms with E-state index in [9.17, 15) is 22.8 Å². The van der Waals surface area contributed by atoms with Gasteiger partial charge in [-0.1, -0.05) is 65.1 Å². The molecular formula is C33H30Cl3N5O5S. The van der Waals surface area contributed by atoms with Gasteiger partial charge in [0.2, 0.25) is 21.8 Å². The van der Waals surface area contributed by atoms with Crippen molar-refractivity contribution in [1.29, 1.82) is 0 Å². The first-order valence-corrected chi connectivity index (χ1v) is 17.4. The number of aromatic nitrogens is 1. The summed E-state index contributed by atoms with van der Waals surface area (Å²) in [4.78, 5) is 49.0. The van der Waals surface area contributed by atoms with Gasteiger partial charge in [0.1, 0.15) is 23.1 Å². The summed E-state index contributed by atoms with van der Waals surface area (Å²) < 4.78 is 30.0. The SMILES string of the molecule is CC(C)N1CC2N(C(=O)C(NC(=O)c3cnc4ccccc4c3)CN2S(=O)(=O)c2ccc(Cl)cc2Cl)C(Cc2ccc(Cl)cc2)C1=O. The van der Waals surface area contributed by atoms with Crippen molar-refractivity contribution in [2.45, 2.75) is 49.5 Å². The maximum Gasteiger partial charge on any atom is 0.253 e. The van der Waals surface area contributed by atoms with E-state index >= 15 is 0 Å². The largest absolute Gasteiger partial charge is 0.339 e. The number of carbonyl (C=O) groups excluding carboxylic acids is 3. The topological polar surface area (TPSA) is 120 Å². The molecule has 0 radical (unpaired) electrons. The number of piperazine rings is 1. The molecule has 14 heteroatoms. The van der Waals surface area contributed by atoms with Crippen LogP contribution in [-0.2, 0) is 26.0 Å². The Morgan fingerprint density at radius 2 is 1.64 bits per heavy atom. The smallest absolute Gasteiger partial charge is 0.253 e. The number of amides is 3. The molecule has 47 heavy (non-hydrogen) atoms. The molecule has 1 N–H and O–H groups in total. The summed E-state index contributed by atoms with van der Waals surface area (Å²) >= 11 is 18.6. The molecule has 3 aromatic carbocycles. The maximum absolute atomic E-state index is 14.4. The highest BCUT2D eigenvalue weighted by Crippen LogP contribution is 2.35. The standard InChI is InChI=1S/C33H30Cl3N5O5S/c1-19(2)39-18-30-40(47(45,46)29-12-11-24(35)15-25(29)36)17-27(38-31(42)22-14-21-5-3-4-6-26(21)37-16-22)32(43)41(30)28(33(39)44)13-20-7-9-23(34)10-8-20/h3-12,14-16,19,27-28,30H,13,17-18H2,1-2H3,(H,38,42). The fourth-order valence-electron chi connectivity index (χ4n) is 6.07. The van der Waals surface area contributed by atoms with Gasteiger partial charge in [0, 0.05) is 40.6 Å². The van der Waals surface area contributed by atoms with E-state index in [4.69, 9.17) is 34.8 Å². The lowest BCUT2D eigenvalue weighted by Gasteiger charge is -2.54. The molecule has 2 aliphatic heterocycles. The number of halogens is 3. The van der Waals surface area contributed by atoms with Crippen LogP contribution in [0, 0.1) is 0 Å². The fraction of sp³-hybridized carbons (Fsp3) is 0.273. The van der Waals surface area contributed by atoms with Crippen LogP contribution < -0.4 is 5.32 Å². The highest BCUT2D eigenvalue weighted by atomic mass is 35.5. The van der Waals surface area contributed by atoms with Gasteiger partial charge in [-0.05, 0) is 61.9 Å². The van der Waals surface area contributed by atoms with Gasteiger partial charge in [-0.3, -0.25) is 19.4 Å². The molecule has 3 amide bonds. The first kappa shape index (κ1) is 33.2. The van der Waals surface area contributed by atoms with Crippen LogP contribution in [0.4, 0.5) is 0 Å². The highest BCUT2D eigenvalue weighted by molar-refractivity contribution is 7.89. The second-order valence-corrected chi connectivity index (χ2v) is 14.9. The fourth-order valence-corrected chi connectivity index (χ4v) is 8.53. The first-order chi connectivity index (χ1) is 22.3. The normalized spacial score (nSPS) is 20.5. The molecule has 3 heterocycles. The zero-order valence-electron chi connectivity index (χ0n) is 25.3. The average Bonchev–Trinajstić information content (AvgIpc) is 3.03. The van der Waals surface area contributed by atoms with E-state index in [-0.39, 0.29) is 45.4 Å². The minimum atomic E-state index is -4.40. The van der Waals surface area contributed by atoms with Crippen LogP contribution >= 0.6 is 34.8 Å². The van der Waals surface area contributed by atoms with Crippen molar-refractivity contribution < 1.29 is 22.8 Å². The summed E-state index contributed by atoms with van der Waals surface area (Å²) in [7, 11) is -4.40. The summed E-state index contributed by atoms with van der Waals surface area (Å²) in [6, 6.07) is 17.1. The van der Waals surface area contributed by atoms with E-state index in [1.807, 2.05) is 26.0 Å². The van der Waals surface area contributed by atoms with E-state index in [2.05, 4.69) is 10.3 Å². The van der Waals surface area contributed by atoms with Crippen LogP contribution in [0.5, 0.6) is 0 Å². The number of pyridine rings is 1. The number of nitrogens with zero attached hydrogens (tertiary/aromatic N) is 4. The van der Waals surface area contributed by atoms with Crippen LogP contribution in [0.15, 0.2) is 83.9 Å². The molecule has 10 nitrogen and oxygen atoms in total. The van der Waals surface area contributed by atoms with Crippen molar-refractivity contribution in [1.82, 2.24) is 24.4 Å². The lowest BCUT2D eigenvalue weighted by molar-refractivity contribution is -0.168. The summed E-state index contributed by atoms with van der Waals surface area (Å²) in [6.45, 7) is 3.17. The Hall–Kier alpha value is -3.74. The third kappa shape index (κ3) is 6.42. The third-order valence-corrected chi connectivity index (χ3v) is 11.3. The monoisotopic (exact) mass is 713 g/mol. The highest BCUT2D eigenvalue weighted by Gasteiger charge is 2.54. The van der Waals surface area contributed by atoms with E-state index in [1.54, 1.807) is 47.4 Å². The van der Waals surface area contributed by atoms with Gasteiger partial charge in [-0.15, -0.1) is 0 Å². The number of hydrogen-bond donors (Lipinski definition) is 1. The van der Waals surface area contributed by atoms with Crippen molar-refractivity contribution >= 4 is 73.5 Å². The molecule has 0 spiro atoms. The van der Waals surface area contributed by atoms with E-state index in [1.165, 1.54) is 29.3 Å². The number of fused-ring (bicyclic) bond motifs is 2. The van der Waals surface area contributed by atoms with Gasteiger partial charge in [-0.2, -0.15) is 4.31 Å². The van der Waals surface area contributed by atoms with E-state index in [0.29, 0.717) is 16.1 Å². The van der Waals surface area contributed by atoms with Crippen LogP contribution in [0.2, 0.25) is 15.1 Å². The van der Waals surface area contributed by atoms with E-state index < -0.39 is 46.6 Å². The van der Waals surface area contributed by atoms with Crippen molar-refractivity contribution in [3.05, 3.63) is 105 Å². The van der Waals surface area contributed by atoms with Crippen molar-refractivity contribution in [2.24, 2.45) is 0 Å². The minimum absolute atomic E-state index is 0.0843. The van der Waals surface area contributed by atoms with Crippen LogP contribution in [0.3, 0.4) is 0 Å². The van der Waals surface area contributed by atoms with Gasteiger partial charge in [0.05, 0.1) is 22.6 Å². The summed E-state index contributed by atoms with van der Waals surface area (Å²) in [6.07, 6.45) is 0.392. The molecule has 1 aromatic heterocycles. The van der Waals surface area contributed by atoms with Crippen molar-refractivity contribution in [3.63, 3.8) is 0 Å². The number of para-hydroxylation sites is 1. The first-order valence-electron chi connectivity index (χ1n) is 14.8. The molecule has 2 fully saturated rings. The molecule has 0 bridgehead atoms. The Kier molecular flexibility index (Phi) is 9.21. The Morgan fingerprint density at radius 3 is 2.34 bits per heavy atom. The zero-order valence-corrected chi connectivity index (χ0v) is 28.4. The summed E-state index contributed by atoms with van der Waals surface area (Å²) in [5.41, 5.74) is 1.59. The molecule has 244 valence electrons. The van der Waals surface area contributed by atoms with Crippen LogP contribution in [-0.4, -0.2) is 82.6 Å². The van der Waals surface area contributed by atoms with Gasteiger partial charge in [0.25, 0.3) is 5.91 Å². The second kappa shape index (κ2) is 13.0. The zero-order chi connectivity index (χ0) is 33.6. The number of hydrogen-bond acceptors (Lipinski definition) is 6. The molecule has 0 saturated carbocycles. The molecule has 2 saturated heterocycles. The lowest BCUT2D eigenvalue weighted by atomic mass is 9.96. The summed E-state index contributed by atoms with van der Waals surface area (Å²) in [5.74, 6) is -1.54. The van der Waals surface area contributed by atoms with E-state index in [0.717, 1.165) is 9.69 Å². The van der Waals surface area contributed by atoms with Gasteiger partial charge in [0.15, 0.2) is 0 Å². The van der Waals surface area contributed by atoms with Crippen molar-refractivity contribution in [2.75, 3.05) is 13.1 Å². The Bertz CT molecular complexity index is 1990. The van der Waals surface area contributed by atoms with Crippen LogP contribution in [0.25, 0.3) is 10.9 Å². The number of rotatable bonds is 7. The second-order valence-electron chi connectivity index (χ2n) is 11.7. The van der Waals surface area contributed by atoms with Crippen LogP contribution in [0.1, 0.15) is 29.8 Å². The third-order valence-electron chi connectivity index (χ3n) is 8.44. The number of benzene rings is 3. The molecular weight excluding hydrogens is 685 g/mol. The number of nitrogens with one attached hydrogen (secondary N) is 1. The number of carbonyl (C=O) groups is 3. The van der Waals surface area contributed by atoms with Gasteiger partial charge in [-0.25, -0.2) is 8.42 Å². The molecule has 2 aliphatic rings. The minimum Gasteiger partial charge on any atom is -0.339 e. The van der Waals surface area contributed by atoms with Gasteiger partial charge >= 0.3 is 0 Å². The van der Waals surface area contributed by atoms with Crippen molar-refractivity contribution in [3.8, 4) is 0 Å². The summed E-state index contributed by atoms with van der Waals surface area (Å²) in [5, 5.41) is 4.09.